The fourth-order valence-corrected chi connectivity index (χ4v) is 2.81. The van der Waals surface area contributed by atoms with Crippen molar-refractivity contribution in [3.8, 4) is 0 Å². The van der Waals surface area contributed by atoms with Gasteiger partial charge < -0.3 is 14.9 Å². The van der Waals surface area contributed by atoms with Crippen LogP contribution in [0.5, 0.6) is 0 Å². The van der Waals surface area contributed by atoms with E-state index in [9.17, 15) is 9.59 Å². The summed E-state index contributed by atoms with van der Waals surface area (Å²) in [7, 11) is 0. The van der Waals surface area contributed by atoms with Gasteiger partial charge in [-0.1, -0.05) is 20.8 Å². The number of hydrogen-bond donors (Lipinski definition) is 1. The topological polar surface area (TPSA) is 73.7 Å². The van der Waals surface area contributed by atoms with Crippen LogP contribution in [0.25, 0.3) is 0 Å². The molecule has 1 aromatic rings. The lowest BCUT2D eigenvalue weighted by atomic mass is 10.2. The highest BCUT2D eigenvalue weighted by Crippen LogP contribution is 2.19. The Morgan fingerprint density at radius 2 is 1.95 bits per heavy atom. The molecule has 1 aromatic heterocycles. The minimum Gasteiger partial charge on any atom is -0.481 e. The number of anilines is 1. The van der Waals surface area contributed by atoms with Crippen LogP contribution in [0.1, 0.15) is 33.6 Å². The van der Waals surface area contributed by atoms with Crippen LogP contribution in [-0.4, -0.2) is 53.0 Å². The molecule has 22 heavy (non-hydrogen) atoms. The molecule has 0 bridgehead atoms. The Labute approximate surface area is 135 Å². The van der Waals surface area contributed by atoms with Crippen molar-refractivity contribution in [2.75, 3.05) is 31.1 Å². The minimum atomic E-state index is -0.868. The second kappa shape index (κ2) is 9.40. The normalized spacial score (nSPS) is 12.0. The van der Waals surface area contributed by atoms with Gasteiger partial charge in [0.2, 0.25) is 5.91 Å². The van der Waals surface area contributed by atoms with E-state index in [0.29, 0.717) is 5.13 Å². The lowest BCUT2D eigenvalue weighted by Crippen LogP contribution is -2.43. The third kappa shape index (κ3) is 5.63. The number of thiazole rings is 1. The number of carboxylic acid groups (broad SMARTS) is 1. The molecule has 1 amide bonds. The maximum absolute atomic E-state index is 12.5. The lowest BCUT2D eigenvalue weighted by molar-refractivity contribution is -0.141. The number of hydrogen-bond acceptors (Lipinski definition) is 5. The molecule has 124 valence electrons. The van der Waals surface area contributed by atoms with Crippen molar-refractivity contribution >= 4 is 28.3 Å². The molecule has 0 saturated heterocycles. The van der Waals surface area contributed by atoms with E-state index in [-0.39, 0.29) is 19.0 Å². The third-order valence-corrected chi connectivity index (χ3v) is 4.10. The average Bonchev–Trinajstić information content (AvgIpc) is 3.00. The van der Waals surface area contributed by atoms with E-state index in [2.05, 4.69) is 4.98 Å². The van der Waals surface area contributed by atoms with E-state index in [0.717, 1.165) is 25.9 Å². The zero-order valence-electron chi connectivity index (χ0n) is 13.5. The number of nitrogens with zero attached hydrogens (tertiary/aromatic N) is 3. The molecule has 1 heterocycles. The summed E-state index contributed by atoms with van der Waals surface area (Å²) in [6.07, 6.45) is 3.49. The molecule has 0 aromatic carbocycles. The molecule has 1 N–H and O–H groups in total. The van der Waals surface area contributed by atoms with E-state index >= 15 is 0 Å². The highest BCUT2D eigenvalue weighted by atomic mass is 32.1. The van der Waals surface area contributed by atoms with Crippen LogP contribution < -0.4 is 4.90 Å². The molecular weight excluding hydrogens is 302 g/mol. The number of aliphatic carboxylic acids is 1. The van der Waals surface area contributed by atoms with Gasteiger partial charge in [-0.25, -0.2) is 4.98 Å². The Morgan fingerprint density at radius 3 is 2.41 bits per heavy atom. The molecule has 0 fully saturated rings. The summed E-state index contributed by atoms with van der Waals surface area (Å²) in [6.45, 7) is 7.64. The van der Waals surface area contributed by atoms with Crippen molar-refractivity contribution in [1.82, 2.24) is 9.88 Å². The van der Waals surface area contributed by atoms with Crippen molar-refractivity contribution < 1.29 is 14.7 Å². The SMILES string of the molecule is CCCN(CCC)C(=O)CN(CC(C)C(=O)O)c1nccs1. The molecule has 1 unspecified atom stereocenters. The summed E-state index contributed by atoms with van der Waals surface area (Å²) in [5.41, 5.74) is 0. The molecule has 7 heteroatoms. The summed E-state index contributed by atoms with van der Waals surface area (Å²) < 4.78 is 0. The Kier molecular flexibility index (Phi) is 7.87. The van der Waals surface area contributed by atoms with Crippen molar-refractivity contribution in [2.45, 2.75) is 33.6 Å². The standard InChI is InChI=1S/C15H25N3O3S/c1-4-7-17(8-5-2)13(19)11-18(10-12(3)14(20)21)15-16-6-9-22-15/h6,9,12H,4-5,7-8,10-11H2,1-3H3,(H,20,21). The first-order chi connectivity index (χ1) is 10.5. The van der Waals surface area contributed by atoms with Gasteiger partial charge in [0, 0.05) is 31.2 Å². The number of carbonyl (C=O) groups excluding carboxylic acids is 1. The van der Waals surface area contributed by atoms with Crippen LogP contribution in [0.2, 0.25) is 0 Å². The van der Waals surface area contributed by atoms with Crippen molar-refractivity contribution in [2.24, 2.45) is 5.92 Å². The lowest BCUT2D eigenvalue weighted by Gasteiger charge is -2.28. The third-order valence-electron chi connectivity index (χ3n) is 3.27. The van der Waals surface area contributed by atoms with Crippen LogP contribution in [0.15, 0.2) is 11.6 Å². The van der Waals surface area contributed by atoms with Crippen LogP contribution in [0.3, 0.4) is 0 Å². The molecule has 0 saturated carbocycles. The van der Waals surface area contributed by atoms with E-state index in [1.54, 1.807) is 18.0 Å². The van der Waals surface area contributed by atoms with Gasteiger partial charge in [0.1, 0.15) is 0 Å². The number of carbonyl (C=O) groups is 2. The zero-order chi connectivity index (χ0) is 16.5. The first-order valence-electron chi connectivity index (χ1n) is 7.64. The molecular formula is C15H25N3O3S. The second-order valence-corrected chi connectivity index (χ2v) is 6.19. The molecule has 6 nitrogen and oxygen atoms in total. The van der Waals surface area contributed by atoms with E-state index < -0.39 is 11.9 Å². The van der Waals surface area contributed by atoms with E-state index in [1.165, 1.54) is 11.3 Å². The quantitative estimate of drug-likeness (QED) is 0.714. The van der Waals surface area contributed by atoms with E-state index in [1.807, 2.05) is 24.1 Å². The van der Waals surface area contributed by atoms with Gasteiger partial charge in [0.25, 0.3) is 0 Å². The zero-order valence-corrected chi connectivity index (χ0v) is 14.3. The van der Waals surface area contributed by atoms with Crippen LogP contribution in [0.4, 0.5) is 5.13 Å². The molecule has 1 atom stereocenters. The van der Waals surface area contributed by atoms with Gasteiger partial charge in [-0.05, 0) is 12.8 Å². The number of aromatic nitrogens is 1. The predicted molar refractivity (Wildman–Crippen MR) is 88.3 cm³/mol. The van der Waals surface area contributed by atoms with Crippen molar-refractivity contribution in [1.29, 1.82) is 0 Å². The van der Waals surface area contributed by atoms with Gasteiger partial charge >= 0.3 is 5.97 Å². The summed E-state index contributed by atoms with van der Waals surface area (Å²) in [5.74, 6) is -1.40. The smallest absolute Gasteiger partial charge is 0.308 e. The fraction of sp³-hybridized carbons (Fsp3) is 0.667. The first kappa shape index (κ1) is 18.4. The molecule has 0 radical (unpaired) electrons. The van der Waals surface area contributed by atoms with Gasteiger partial charge in [0.05, 0.1) is 12.5 Å². The molecule has 0 spiro atoms. The van der Waals surface area contributed by atoms with Gasteiger partial charge in [-0.2, -0.15) is 0 Å². The number of amides is 1. The maximum Gasteiger partial charge on any atom is 0.308 e. The molecule has 0 aliphatic carbocycles. The Balaban J connectivity index is 2.79. The monoisotopic (exact) mass is 327 g/mol. The predicted octanol–water partition coefficient (Wildman–Crippen LogP) is 2.32. The minimum absolute atomic E-state index is 0.0245. The highest BCUT2D eigenvalue weighted by molar-refractivity contribution is 7.13. The Hall–Kier alpha value is -1.63. The van der Waals surface area contributed by atoms with Gasteiger partial charge in [-0.15, -0.1) is 11.3 Å². The Bertz CT molecular complexity index is 459. The Morgan fingerprint density at radius 1 is 1.32 bits per heavy atom. The summed E-state index contributed by atoms with van der Waals surface area (Å²) in [5, 5.41) is 11.6. The van der Waals surface area contributed by atoms with Crippen molar-refractivity contribution in [3.63, 3.8) is 0 Å². The number of carboxylic acids is 1. The molecule has 0 aliphatic heterocycles. The van der Waals surface area contributed by atoms with Crippen LogP contribution in [0, 0.1) is 5.92 Å². The fourth-order valence-electron chi connectivity index (χ4n) is 2.16. The average molecular weight is 327 g/mol. The summed E-state index contributed by atoms with van der Waals surface area (Å²) >= 11 is 1.42. The second-order valence-electron chi connectivity index (χ2n) is 5.32. The summed E-state index contributed by atoms with van der Waals surface area (Å²) in [6, 6.07) is 0. The van der Waals surface area contributed by atoms with Crippen molar-refractivity contribution in [3.05, 3.63) is 11.6 Å². The number of rotatable bonds is 10. The first-order valence-corrected chi connectivity index (χ1v) is 8.52. The van der Waals surface area contributed by atoms with Crippen LogP contribution >= 0.6 is 11.3 Å². The van der Waals surface area contributed by atoms with E-state index in [4.69, 9.17) is 5.11 Å². The van der Waals surface area contributed by atoms with Gasteiger partial charge in [-0.3, -0.25) is 9.59 Å². The van der Waals surface area contributed by atoms with Crippen LogP contribution in [-0.2, 0) is 9.59 Å². The maximum atomic E-state index is 12.5. The largest absolute Gasteiger partial charge is 0.481 e. The highest BCUT2D eigenvalue weighted by Gasteiger charge is 2.22. The molecule has 1 rings (SSSR count). The summed E-state index contributed by atoms with van der Waals surface area (Å²) in [4.78, 5) is 31.4. The molecule has 0 aliphatic rings. The van der Waals surface area contributed by atoms with Gasteiger partial charge in [0.15, 0.2) is 5.13 Å².